The van der Waals surface area contributed by atoms with Crippen molar-refractivity contribution in [3.05, 3.63) is 58.8 Å². The van der Waals surface area contributed by atoms with Gasteiger partial charge in [0, 0.05) is 5.70 Å². The number of benzene rings is 2. The van der Waals surface area contributed by atoms with E-state index in [2.05, 4.69) is 25.9 Å². The molecule has 226 valence electrons. The van der Waals surface area contributed by atoms with E-state index < -0.39 is 30.2 Å². The number of hydrogen-bond acceptors (Lipinski definition) is 12. The van der Waals surface area contributed by atoms with Gasteiger partial charge in [-0.25, -0.2) is 14.4 Å². The van der Waals surface area contributed by atoms with Crippen molar-refractivity contribution in [1.82, 2.24) is 16.1 Å². The van der Waals surface area contributed by atoms with Crippen LogP contribution in [-0.2, 0) is 19.1 Å². The molecule has 0 fully saturated rings. The lowest BCUT2D eigenvalue weighted by Gasteiger charge is -2.28. The third kappa shape index (κ3) is 8.27. The Balaban J connectivity index is 1.65. The first-order valence-corrected chi connectivity index (χ1v) is 12.8. The standard InChI is InChI=1S/C28H34N4O10/c1-6-40-22-12-18(26-25(27(35)39-5)16(2)30-28(36)31-26)8-10-20(22)41-14-23(33)32-29-13-17-7-9-19(21(11-17)37-3)42-15-24(34)38-4/h7-13,23,26,32-33H,6,14-15H2,1-5H3,(H2,30,31,36)/b29-13-/t23-,26+/m0/s1. The fourth-order valence-corrected chi connectivity index (χ4v) is 3.90. The molecule has 1 aliphatic rings. The van der Waals surface area contributed by atoms with Crippen LogP contribution in [0.2, 0.25) is 0 Å². The minimum atomic E-state index is -1.18. The molecular formula is C28H34N4O10. The van der Waals surface area contributed by atoms with Gasteiger partial charge in [-0.1, -0.05) is 6.07 Å². The van der Waals surface area contributed by atoms with Crippen LogP contribution in [0, 0.1) is 0 Å². The van der Waals surface area contributed by atoms with Crippen molar-refractivity contribution in [1.29, 1.82) is 0 Å². The van der Waals surface area contributed by atoms with Crippen LogP contribution in [0.3, 0.4) is 0 Å². The molecule has 0 aromatic heterocycles. The van der Waals surface area contributed by atoms with Gasteiger partial charge in [-0.05, 0) is 55.3 Å². The van der Waals surface area contributed by atoms with E-state index in [1.165, 1.54) is 27.5 Å². The SMILES string of the molecule is CCOc1cc([C@H]2NC(=O)NC(C)=C2C(=O)OC)ccc1OC[C@H](O)N/N=C\c1ccc(OCC(=O)OC)c(OC)c1. The number of methoxy groups -OCH3 is 3. The van der Waals surface area contributed by atoms with Gasteiger partial charge in [0.15, 0.2) is 35.8 Å². The van der Waals surface area contributed by atoms with E-state index in [1.807, 2.05) is 0 Å². The minimum absolute atomic E-state index is 0.184. The zero-order chi connectivity index (χ0) is 30.6. The summed E-state index contributed by atoms with van der Waals surface area (Å²) in [6, 6.07) is 8.65. The Morgan fingerprint density at radius 1 is 1.02 bits per heavy atom. The zero-order valence-electron chi connectivity index (χ0n) is 23.9. The van der Waals surface area contributed by atoms with Crippen LogP contribution < -0.4 is 35.0 Å². The molecule has 2 amide bonds. The molecule has 1 heterocycles. The highest BCUT2D eigenvalue weighted by atomic mass is 16.6. The number of allylic oxidation sites excluding steroid dienone is 1. The van der Waals surface area contributed by atoms with Crippen molar-refractivity contribution in [3.8, 4) is 23.0 Å². The number of urea groups is 1. The van der Waals surface area contributed by atoms with Crippen molar-refractivity contribution >= 4 is 24.2 Å². The molecule has 1 aliphatic heterocycles. The Hall–Kier alpha value is -4.98. The number of hydrazone groups is 1. The Bertz CT molecular complexity index is 1340. The predicted molar refractivity (Wildman–Crippen MR) is 149 cm³/mol. The fraction of sp³-hybridized carbons (Fsp3) is 0.357. The molecule has 2 aromatic rings. The average molecular weight is 587 g/mol. The van der Waals surface area contributed by atoms with E-state index >= 15 is 0 Å². The lowest BCUT2D eigenvalue weighted by molar-refractivity contribution is -0.143. The number of nitrogens with zero attached hydrogens (tertiary/aromatic N) is 1. The molecule has 0 spiro atoms. The molecule has 4 N–H and O–H groups in total. The van der Waals surface area contributed by atoms with E-state index in [-0.39, 0.29) is 18.8 Å². The predicted octanol–water partition coefficient (Wildman–Crippen LogP) is 1.77. The molecule has 14 nitrogen and oxygen atoms in total. The number of carbonyl (C=O) groups is 3. The molecule has 0 bridgehead atoms. The lowest BCUT2D eigenvalue weighted by atomic mass is 9.95. The second kappa shape index (κ2) is 15.1. The number of hydrogen-bond donors (Lipinski definition) is 4. The van der Waals surface area contributed by atoms with Crippen molar-refractivity contribution in [2.45, 2.75) is 26.1 Å². The summed E-state index contributed by atoms with van der Waals surface area (Å²) in [6.07, 6.45) is 0.276. The fourth-order valence-electron chi connectivity index (χ4n) is 3.90. The summed E-state index contributed by atoms with van der Waals surface area (Å²) in [7, 11) is 3.99. The Morgan fingerprint density at radius 3 is 2.45 bits per heavy atom. The van der Waals surface area contributed by atoms with E-state index in [4.69, 9.17) is 23.7 Å². The monoisotopic (exact) mass is 586 g/mol. The number of amides is 2. The number of nitrogens with one attached hydrogen (secondary N) is 3. The lowest BCUT2D eigenvalue weighted by Crippen LogP contribution is -2.45. The van der Waals surface area contributed by atoms with Crippen molar-refractivity contribution in [2.24, 2.45) is 5.10 Å². The number of rotatable bonds is 14. The number of aliphatic hydroxyl groups is 1. The van der Waals surface area contributed by atoms with Gasteiger partial charge in [0.05, 0.1) is 45.8 Å². The molecule has 3 rings (SSSR count). The van der Waals surface area contributed by atoms with Gasteiger partial charge < -0.3 is 44.2 Å². The van der Waals surface area contributed by atoms with Gasteiger partial charge >= 0.3 is 18.0 Å². The van der Waals surface area contributed by atoms with Crippen LogP contribution in [0.5, 0.6) is 23.0 Å². The van der Waals surface area contributed by atoms with Crippen LogP contribution in [0.1, 0.15) is 31.0 Å². The molecule has 14 heteroatoms. The molecule has 0 radical (unpaired) electrons. The quantitative estimate of drug-likeness (QED) is 0.110. The highest BCUT2D eigenvalue weighted by Crippen LogP contribution is 2.35. The van der Waals surface area contributed by atoms with Gasteiger partial charge in [0.2, 0.25) is 0 Å². The third-order valence-electron chi connectivity index (χ3n) is 5.87. The summed E-state index contributed by atoms with van der Waals surface area (Å²) in [4.78, 5) is 35.8. The zero-order valence-corrected chi connectivity index (χ0v) is 23.9. The number of ether oxygens (including phenoxy) is 6. The maximum absolute atomic E-state index is 12.4. The van der Waals surface area contributed by atoms with Crippen molar-refractivity contribution in [3.63, 3.8) is 0 Å². The summed E-state index contributed by atoms with van der Waals surface area (Å²) in [5.74, 6) is 0.307. The van der Waals surface area contributed by atoms with E-state index in [0.29, 0.717) is 46.4 Å². The van der Waals surface area contributed by atoms with Crippen LogP contribution in [0.15, 0.2) is 52.8 Å². The van der Waals surface area contributed by atoms with Gasteiger partial charge in [-0.3, -0.25) is 5.43 Å². The van der Waals surface area contributed by atoms with Crippen LogP contribution in [-0.4, -0.2) is 76.7 Å². The smallest absolute Gasteiger partial charge is 0.343 e. The largest absolute Gasteiger partial charge is 0.493 e. The normalized spacial score (nSPS) is 15.3. The number of esters is 2. The van der Waals surface area contributed by atoms with Gasteiger partial charge in [-0.15, -0.1) is 0 Å². The number of carbonyl (C=O) groups excluding carboxylic acids is 3. The van der Waals surface area contributed by atoms with Crippen LogP contribution >= 0.6 is 0 Å². The van der Waals surface area contributed by atoms with E-state index in [1.54, 1.807) is 50.2 Å². The maximum Gasteiger partial charge on any atom is 0.343 e. The second-order valence-corrected chi connectivity index (χ2v) is 8.69. The topological polar surface area (TPSA) is 175 Å². The second-order valence-electron chi connectivity index (χ2n) is 8.69. The molecule has 0 aliphatic carbocycles. The number of aliphatic hydroxyl groups excluding tert-OH is 1. The molecule has 2 aromatic carbocycles. The molecule has 2 atom stereocenters. The van der Waals surface area contributed by atoms with Crippen molar-refractivity contribution in [2.75, 3.05) is 41.2 Å². The van der Waals surface area contributed by atoms with Crippen LogP contribution in [0.25, 0.3) is 0 Å². The first-order chi connectivity index (χ1) is 20.2. The van der Waals surface area contributed by atoms with E-state index in [9.17, 15) is 19.5 Å². The average Bonchev–Trinajstić information content (AvgIpc) is 2.98. The third-order valence-corrected chi connectivity index (χ3v) is 5.87. The molecule has 0 unspecified atom stereocenters. The summed E-state index contributed by atoms with van der Waals surface area (Å²) in [6.45, 7) is 3.28. The Morgan fingerprint density at radius 2 is 1.76 bits per heavy atom. The van der Waals surface area contributed by atoms with Crippen LogP contribution in [0.4, 0.5) is 4.79 Å². The van der Waals surface area contributed by atoms with Gasteiger partial charge in [-0.2, -0.15) is 5.10 Å². The summed E-state index contributed by atoms with van der Waals surface area (Å²) >= 11 is 0. The highest BCUT2D eigenvalue weighted by molar-refractivity contribution is 5.95. The van der Waals surface area contributed by atoms with Gasteiger partial charge in [0.1, 0.15) is 6.61 Å². The summed E-state index contributed by atoms with van der Waals surface area (Å²) < 4.78 is 31.6. The maximum atomic E-state index is 12.4. The molecule has 0 saturated heterocycles. The molecule has 42 heavy (non-hydrogen) atoms. The first kappa shape index (κ1) is 31.5. The molecular weight excluding hydrogens is 552 g/mol. The van der Waals surface area contributed by atoms with Gasteiger partial charge in [0.25, 0.3) is 0 Å². The Kier molecular flexibility index (Phi) is 11.4. The molecule has 0 saturated carbocycles. The summed E-state index contributed by atoms with van der Waals surface area (Å²) in [5, 5.41) is 19.7. The first-order valence-electron chi connectivity index (χ1n) is 12.8. The highest BCUT2D eigenvalue weighted by Gasteiger charge is 2.32. The Labute approximate surface area is 242 Å². The minimum Gasteiger partial charge on any atom is -0.493 e. The van der Waals surface area contributed by atoms with E-state index in [0.717, 1.165) is 0 Å². The summed E-state index contributed by atoms with van der Waals surface area (Å²) in [5.41, 5.74) is 4.40. The van der Waals surface area contributed by atoms with Crippen molar-refractivity contribution < 1.29 is 47.9 Å².